The molecule has 2 aliphatic rings. The van der Waals surface area contributed by atoms with Gasteiger partial charge in [0.2, 0.25) is 0 Å². The molecule has 2 aliphatic heterocycles. The van der Waals surface area contributed by atoms with Crippen molar-refractivity contribution in [2.75, 3.05) is 18.5 Å². The highest BCUT2D eigenvalue weighted by atomic mass is 35.5. The minimum absolute atomic E-state index is 0.0476. The van der Waals surface area contributed by atoms with Gasteiger partial charge in [-0.3, -0.25) is 4.79 Å². The van der Waals surface area contributed by atoms with Crippen LogP contribution in [0.1, 0.15) is 18.4 Å². The summed E-state index contributed by atoms with van der Waals surface area (Å²) in [6, 6.07) is 11.7. The molecule has 6 nitrogen and oxygen atoms in total. The van der Waals surface area contributed by atoms with Gasteiger partial charge >= 0.3 is 0 Å². The molecule has 160 valence electrons. The summed E-state index contributed by atoms with van der Waals surface area (Å²) in [7, 11) is 0. The number of anilines is 1. The number of carbonyl (C=O) groups excluding carboxylic acids is 1. The van der Waals surface area contributed by atoms with Gasteiger partial charge in [-0.25, -0.2) is 4.99 Å². The maximum atomic E-state index is 11.7. The van der Waals surface area contributed by atoms with E-state index in [0.29, 0.717) is 16.5 Å². The van der Waals surface area contributed by atoms with Crippen molar-refractivity contribution in [2.45, 2.75) is 32.4 Å². The molecule has 0 spiro atoms. The van der Waals surface area contributed by atoms with E-state index in [1.54, 1.807) is 11.3 Å². The quantitative estimate of drug-likeness (QED) is 0.607. The minimum Gasteiger partial charge on any atom is -0.482 e. The first-order valence-corrected chi connectivity index (χ1v) is 11.5. The standard InChI is InChI=1S/C23H22ClN3O3S/c1-14-4-6-16(10-18(14)24)25-23-27(11-17-3-2-8-29-17)20(13-31-23)15-5-7-21-19(9-15)26-22(28)12-30-21/h4-7,9-10,13,17H,2-3,8,11-12H2,1H3,(H,26,28). The molecule has 0 aliphatic carbocycles. The summed E-state index contributed by atoms with van der Waals surface area (Å²) in [4.78, 5) is 17.5. The molecule has 5 rings (SSSR count). The number of aryl methyl sites for hydroxylation is 1. The summed E-state index contributed by atoms with van der Waals surface area (Å²) in [6.45, 7) is 3.54. The Kier molecular flexibility index (Phi) is 5.56. The number of rotatable bonds is 4. The van der Waals surface area contributed by atoms with Crippen LogP contribution in [0.5, 0.6) is 5.75 Å². The fourth-order valence-corrected chi connectivity index (χ4v) is 4.94. The number of nitrogens with zero attached hydrogens (tertiary/aromatic N) is 2. The molecule has 1 aromatic heterocycles. The number of hydrogen-bond donors (Lipinski definition) is 1. The van der Waals surface area contributed by atoms with Crippen molar-refractivity contribution in [1.82, 2.24) is 4.57 Å². The Morgan fingerprint density at radius 1 is 1.29 bits per heavy atom. The third kappa shape index (κ3) is 4.26. The molecule has 0 radical (unpaired) electrons. The number of fused-ring (bicyclic) bond motifs is 1. The second kappa shape index (κ2) is 8.49. The van der Waals surface area contributed by atoms with E-state index in [4.69, 9.17) is 26.1 Å². The molecule has 1 N–H and O–H groups in total. The predicted octanol–water partition coefficient (Wildman–Crippen LogP) is 4.92. The van der Waals surface area contributed by atoms with Crippen LogP contribution in [0.4, 0.5) is 11.4 Å². The van der Waals surface area contributed by atoms with E-state index in [2.05, 4.69) is 15.3 Å². The third-order valence-corrected chi connectivity index (χ3v) is 6.77. The molecule has 1 atom stereocenters. The van der Waals surface area contributed by atoms with E-state index in [1.165, 1.54) is 0 Å². The lowest BCUT2D eigenvalue weighted by molar-refractivity contribution is -0.118. The van der Waals surface area contributed by atoms with Gasteiger partial charge in [0, 0.05) is 22.6 Å². The van der Waals surface area contributed by atoms with Gasteiger partial charge in [0.05, 0.1) is 29.7 Å². The Balaban J connectivity index is 1.59. The predicted molar refractivity (Wildman–Crippen MR) is 122 cm³/mol. The zero-order valence-corrected chi connectivity index (χ0v) is 18.6. The van der Waals surface area contributed by atoms with Crippen molar-refractivity contribution in [3.05, 3.63) is 57.2 Å². The van der Waals surface area contributed by atoms with Crippen LogP contribution in [-0.4, -0.2) is 29.8 Å². The monoisotopic (exact) mass is 455 g/mol. The number of amides is 1. The normalized spacial score (nSPS) is 18.6. The average Bonchev–Trinajstić information content (AvgIpc) is 3.41. The van der Waals surface area contributed by atoms with Gasteiger partial charge in [-0.15, -0.1) is 11.3 Å². The number of benzene rings is 2. The number of ether oxygens (including phenoxy) is 2. The molecule has 0 bridgehead atoms. The number of aromatic nitrogens is 1. The highest BCUT2D eigenvalue weighted by Crippen LogP contribution is 2.33. The molecule has 3 aromatic rings. The Morgan fingerprint density at radius 3 is 3.00 bits per heavy atom. The van der Waals surface area contributed by atoms with Gasteiger partial charge in [-0.1, -0.05) is 17.7 Å². The molecular formula is C23H22ClN3O3S. The lowest BCUT2D eigenvalue weighted by Gasteiger charge is -2.19. The molecule has 0 saturated carbocycles. The molecular weight excluding hydrogens is 434 g/mol. The maximum Gasteiger partial charge on any atom is 0.262 e. The first kappa shape index (κ1) is 20.3. The van der Waals surface area contributed by atoms with E-state index < -0.39 is 0 Å². The van der Waals surface area contributed by atoms with Crippen LogP contribution in [0.2, 0.25) is 5.02 Å². The Hall–Kier alpha value is -2.61. The topological polar surface area (TPSA) is 64.8 Å². The molecule has 3 heterocycles. The highest BCUT2D eigenvalue weighted by Gasteiger charge is 2.21. The number of carbonyl (C=O) groups is 1. The Morgan fingerprint density at radius 2 is 2.19 bits per heavy atom. The van der Waals surface area contributed by atoms with Gasteiger partial charge in [-0.05, 0) is 55.7 Å². The van der Waals surface area contributed by atoms with Gasteiger partial charge in [0.1, 0.15) is 5.75 Å². The number of halogens is 1. The summed E-state index contributed by atoms with van der Waals surface area (Å²) in [5.74, 6) is 0.539. The molecule has 8 heteroatoms. The van der Waals surface area contributed by atoms with Crippen LogP contribution >= 0.6 is 22.9 Å². The van der Waals surface area contributed by atoms with E-state index in [1.807, 2.05) is 43.3 Å². The largest absolute Gasteiger partial charge is 0.482 e. The molecule has 1 fully saturated rings. The van der Waals surface area contributed by atoms with Gasteiger partial charge in [0.25, 0.3) is 5.91 Å². The third-order valence-electron chi connectivity index (χ3n) is 5.50. The van der Waals surface area contributed by atoms with Crippen molar-refractivity contribution >= 4 is 40.2 Å². The van der Waals surface area contributed by atoms with E-state index >= 15 is 0 Å². The molecule has 2 aromatic carbocycles. The molecule has 31 heavy (non-hydrogen) atoms. The summed E-state index contributed by atoms with van der Waals surface area (Å²) in [5, 5.41) is 5.69. The fourth-order valence-electron chi connectivity index (χ4n) is 3.82. The summed E-state index contributed by atoms with van der Waals surface area (Å²) in [5.41, 5.74) is 4.55. The first-order valence-electron chi connectivity index (χ1n) is 10.2. The van der Waals surface area contributed by atoms with Crippen LogP contribution < -0.4 is 14.9 Å². The number of thiazole rings is 1. The van der Waals surface area contributed by atoms with Gasteiger partial charge < -0.3 is 19.4 Å². The zero-order valence-electron chi connectivity index (χ0n) is 17.1. The molecule has 1 unspecified atom stereocenters. The lowest BCUT2D eigenvalue weighted by Crippen LogP contribution is -2.25. The highest BCUT2D eigenvalue weighted by molar-refractivity contribution is 7.07. The molecule has 1 saturated heterocycles. The SMILES string of the molecule is Cc1ccc(N=c2scc(-c3ccc4c(c3)NC(=O)CO4)n2CC2CCCO2)cc1Cl. The first-order chi connectivity index (χ1) is 15.1. The summed E-state index contributed by atoms with van der Waals surface area (Å²) in [6.07, 6.45) is 2.27. The Labute approximate surface area is 189 Å². The zero-order chi connectivity index (χ0) is 21.4. The van der Waals surface area contributed by atoms with Crippen molar-refractivity contribution in [3.8, 4) is 17.0 Å². The van der Waals surface area contributed by atoms with E-state index in [-0.39, 0.29) is 18.6 Å². The lowest BCUT2D eigenvalue weighted by atomic mass is 10.1. The Bertz CT molecular complexity index is 1210. The average molecular weight is 456 g/mol. The number of hydrogen-bond acceptors (Lipinski definition) is 5. The minimum atomic E-state index is -0.144. The van der Waals surface area contributed by atoms with Crippen LogP contribution in [0.25, 0.3) is 11.3 Å². The second-order valence-corrected chi connectivity index (χ2v) is 8.99. The van der Waals surface area contributed by atoms with Crippen molar-refractivity contribution in [2.24, 2.45) is 4.99 Å². The van der Waals surface area contributed by atoms with Gasteiger partial charge in [-0.2, -0.15) is 0 Å². The summed E-state index contributed by atoms with van der Waals surface area (Å²) >= 11 is 7.88. The number of nitrogens with one attached hydrogen (secondary N) is 1. The van der Waals surface area contributed by atoms with Gasteiger partial charge in [0.15, 0.2) is 11.4 Å². The fraction of sp³-hybridized carbons (Fsp3) is 0.304. The van der Waals surface area contributed by atoms with Crippen LogP contribution in [0.3, 0.4) is 0 Å². The van der Waals surface area contributed by atoms with Crippen molar-refractivity contribution < 1.29 is 14.3 Å². The van der Waals surface area contributed by atoms with Crippen LogP contribution in [-0.2, 0) is 16.1 Å². The van der Waals surface area contributed by atoms with E-state index in [0.717, 1.165) is 53.3 Å². The second-order valence-electron chi connectivity index (χ2n) is 7.74. The molecule has 1 amide bonds. The maximum absolute atomic E-state index is 11.7. The summed E-state index contributed by atoms with van der Waals surface area (Å²) < 4.78 is 13.6. The van der Waals surface area contributed by atoms with E-state index in [9.17, 15) is 4.79 Å². The van der Waals surface area contributed by atoms with Crippen molar-refractivity contribution in [3.63, 3.8) is 0 Å². The van der Waals surface area contributed by atoms with Crippen LogP contribution in [0.15, 0.2) is 46.8 Å². The smallest absolute Gasteiger partial charge is 0.262 e. The van der Waals surface area contributed by atoms with Crippen LogP contribution in [0, 0.1) is 6.92 Å². The van der Waals surface area contributed by atoms with Crippen molar-refractivity contribution in [1.29, 1.82) is 0 Å².